The van der Waals surface area contributed by atoms with Crippen LogP contribution in [-0.2, 0) is 16.0 Å². The summed E-state index contributed by atoms with van der Waals surface area (Å²) < 4.78 is 0. The molecule has 2 N–H and O–H groups in total. The Morgan fingerprint density at radius 3 is 2.67 bits per heavy atom. The minimum atomic E-state index is -1.05. The molecule has 3 aromatic rings. The molecular formula is C19H19N3O3S2. The minimum absolute atomic E-state index is 0.0962. The van der Waals surface area contributed by atoms with Crippen molar-refractivity contribution < 1.29 is 14.7 Å². The molecule has 0 fully saturated rings. The highest BCUT2D eigenvalue weighted by Gasteiger charge is 2.21. The van der Waals surface area contributed by atoms with Gasteiger partial charge in [-0.2, -0.15) is 0 Å². The van der Waals surface area contributed by atoms with Crippen molar-refractivity contribution >= 4 is 45.2 Å². The number of thioether (sulfide) groups is 1. The van der Waals surface area contributed by atoms with Gasteiger partial charge in [-0.3, -0.25) is 4.79 Å². The first-order valence-corrected chi connectivity index (χ1v) is 10.2. The molecule has 1 amide bonds. The molecule has 140 valence electrons. The number of aromatic nitrogens is 2. The predicted molar refractivity (Wildman–Crippen MR) is 107 cm³/mol. The molecule has 2 aromatic heterocycles. The molecular weight excluding hydrogens is 382 g/mol. The van der Waals surface area contributed by atoms with Gasteiger partial charge in [-0.1, -0.05) is 42.1 Å². The number of nitrogens with zero attached hydrogens (tertiary/aromatic N) is 2. The number of hydrogen-bond acceptors (Lipinski definition) is 6. The first-order chi connectivity index (χ1) is 13.0. The van der Waals surface area contributed by atoms with Gasteiger partial charge in [-0.25, -0.2) is 14.8 Å². The first-order valence-electron chi connectivity index (χ1n) is 8.35. The molecule has 0 saturated carbocycles. The number of nitrogens with one attached hydrogen (secondary N) is 1. The van der Waals surface area contributed by atoms with Gasteiger partial charge in [0.25, 0.3) is 0 Å². The van der Waals surface area contributed by atoms with E-state index in [-0.39, 0.29) is 18.1 Å². The molecule has 2 heterocycles. The number of aryl methyl sites for hydroxylation is 2. The minimum Gasteiger partial charge on any atom is -0.480 e. The largest absolute Gasteiger partial charge is 0.480 e. The van der Waals surface area contributed by atoms with Crippen molar-refractivity contribution in [3.05, 3.63) is 52.7 Å². The fourth-order valence-corrected chi connectivity index (χ4v) is 4.61. The van der Waals surface area contributed by atoms with E-state index in [1.165, 1.54) is 23.0 Å². The van der Waals surface area contributed by atoms with Gasteiger partial charge in [0.1, 0.15) is 22.2 Å². The summed E-state index contributed by atoms with van der Waals surface area (Å²) in [4.78, 5) is 34.5. The number of hydrogen-bond donors (Lipinski definition) is 2. The molecule has 8 heteroatoms. The van der Waals surface area contributed by atoms with Gasteiger partial charge in [0.2, 0.25) is 5.91 Å². The van der Waals surface area contributed by atoms with Crippen molar-refractivity contribution in [2.45, 2.75) is 31.3 Å². The Labute approximate surface area is 165 Å². The Kier molecular flexibility index (Phi) is 6.08. The van der Waals surface area contributed by atoms with E-state index in [2.05, 4.69) is 15.3 Å². The Morgan fingerprint density at radius 1 is 1.22 bits per heavy atom. The second kappa shape index (κ2) is 8.49. The Hall–Kier alpha value is -2.45. The van der Waals surface area contributed by atoms with E-state index >= 15 is 0 Å². The zero-order valence-electron chi connectivity index (χ0n) is 14.9. The SMILES string of the molecule is Cc1sc2ncnc(SCC(=O)N[C@@H](Cc3ccccc3)C(=O)O)c2c1C. The zero-order valence-corrected chi connectivity index (χ0v) is 16.6. The summed E-state index contributed by atoms with van der Waals surface area (Å²) in [7, 11) is 0. The van der Waals surface area contributed by atoms with Crippen LogP contribution in [-0.4, -0.2) is 38.7 Å². The summed E-state index contributed by atoms with van der Waals surface area (Å²) in [5.74, 6) is -1.29. The van der Waals surface area contributed by atoms with Crippen LogP contribution in [0.15, 0.2) is 41.7 Å². The van der Waals surface area contributed by atoms with Crippen LogP contribution in [0.25, 0.3) is 10.2 Å². The molecule has 3 rings (SSSR count). The number of aliphatic carboxylic acids is 1. The summed E-state index contributed by atoms with van der Waals surface area (Å²) in [5, 5.41) is 13.7. The van der Waals surface area contributed by atoms with Crippen LogP contribution in [0.4, 0.5) is 0 Å². The van der Waals surface area contributed by atoms with E-state index in [4.69, 9.17) is 0 Å². The van der Waals surface area contributed by atoms with Gasteiger partial charge < -0.3 is 10.4 Å². The summed E-state index contributed by atoms with van der Waals surface area (Å²) in [5.41, 5.74) is 1.98. The maximum Gasteiger partial charge on any atom is 0.326 e. The van der Waals surface area contributed by atoms with Crippen LogP contribution < -0.4 is 5.32 Å². The molecule has 0 aliphatic rings. The van der Waals surface area contributed by atoms with E-state index < -0.39 is 12.0 Å². The highest BCUT2D eigenvalue weighted by molar-refractivity contribution is 8.00. The molecule has 27 heavy (non-hydrogen) atoms. The van der Waals surface area contributed by atoms with E-state index in [9.17, 15) is 14.7 Å². The first kappa shape index (κ1) is 19.3. The van der Waals surface area contributed by atoms with Crippen LogP contribution in [0.5, 0.6) is 0 Å². The van der Waals surface area contributed by atoms with Crippen LogP contribution >= 0.6 is 23.1 Å². The molecule has 0 aliphatic carbocycles. The standard InChI is InChI=1S/C19H19N3O3S2/c1-11-12(2)27-18-16(11)17(20-10-21-18)26-9-15(23)22-14(19(24)25)8-13-6-4-3-5-7-13/h3-7,10,14H,8-9H2,1-2H3,(H,22,23)(H,24,25)/t14-/m0/s1. The molecule has 0 bridgehead atoms. The van der Waals surface area contributed by atoms with Gasteiger partial charge in [0, 0.05) is 16.7 Å². The monoisotopic (exact) mass is 401 g/mol. The maximum absolute atomic E-state index is 12.3. The Morgan fingerprint density at radius 2 is 1.96 bits per heavy atom. The number of carbonyl (C=O) groups is 2. The number of carboxylic acid groups (broad SMARTS) is 1. The zero-order chi connectivity index (χ0) is 19.4. The number of rotatable bonds is 7. The van der Waals surface area contributed by atoms with Gasteiger partial charge in [0.05, 0.1) is 5.75 Å². The lowest BCUT2D eigenvalue weighted by Crippen LogP contribution is -2.43. The molecule has 6 nitrogen and oxygen atoms in total. The molecule has 0 saturated heterocycles. The Bertz CT molecular complexity index is 973. The third-order valence-electron chi connectivity index (χ3n) is 4.19. The van der Waals surface area contributed by atoms with E-state index in [1.54, 1.807) is 11.3 Å². The van der Waals surface area contributed by atoms with Crippen LogP contribution in [0, 0.1) is 13.8 Å². The average Bonchev–Trinajstić information content (AvgIpc) is 2.95. The second-order valence-corrected chi connectivity index (χ2v) is 8.25. The van der Waals surface area contributed by atoms with E-state index in [0.29, 0.717) is 0 Å². The molecule has 1 aromatic carbocycles. The molecule has 0 radical (unpaired) electrons. The second-order valence-electron chi connectivity index (χ2n) is 6.08. The quantitative estimate of drug-likeness (QED) is 0.467. The van der Waals surface area contributed by atoms with Crippen molar-refractivity contribution in [1.82, 2.24) is 15.3 Å². The van der Waals surface area contributed by atoms with Crippen LogP contribution in [0.1, 0.15) is 16.0 Å². The van der Waals surface area contributed by atoms with E-state index in [1.807, 2.05) is 44.2 Å². The lowest BCUT2D eigenvalue weighted by Gasteiger charge is -2.14. The topological polar surface area (TPSA) is 92.2 Å². The highest BCUT2D eigenvalue weighted by atomic mass is 32.2. The van der Waals surface area contributed by atoms with E-state index in [0.717, 1.165) is 26.4 Å². The maximum atomic E-state index is 12.3. The predicted octanol–water partition coefficient (Wildman–Crippen LogP) is 3.21. The lowest BCUT2D eigenvalue weighted by molar-refractivity contribution is -0.141. The average molecular weight is 402 g/mol. The smallest absolute Gasteiger partial charge is 0.326 e. The molecule has 0 aliphatic heterocycles. The third-order valence-corrected chi connectivity index (χ3v) is 6.29. The van der Waals surface area contributed by atoms with Gasteiger partial charge >= 0.3 is 5.97 Å². The number of carboxylic acids is 1. The van der Waals surface area contributed by atoms with Crippen molar-refractivity contribution in [2.75, 3.05) is 5.75 Å². The van der Waals surface area contributed by atoms with Crippen LogP contribution in [0.2, 0.25) is 0 Å². The number of fused-ring (bicyclic) bond motifs is 1. The number of benzene rings is 1. The molecule has 1 atom stereocenters. The van der Waals surface area contributed by atoms with Crippen LogP contribution in [0.3, 0.4) is 0 Å². The number of thiophene rings is 1. The number of amides is 1. The van der Waals surface area contributed by atoms with Gasteiger partial charge in [0.15, 0.2) is 0 Å². The number of carbonyl (C=O) groups excluding carboxylic acids is 1. The fraction of sp³-hybridized carbons (Fsp3) is 0.263. The molecule has 0 unspecified atom stereocenters. The summed E-state index contributed by atoms with van der Waals surface area (Å²) in [6.45, 7) is 4.05. The third kappa shape index (κ3) is 4.64. The van der Waals surface area contributed by atoms with Gasteiger partial charge in [-0.15, -0.1) is 11.3 Å². The van der Waals surface area contributed by atoms with Crippen molar-refractivity contribution in [1.29, 1.82) is 0 Å². The van der Waals surface area contributed by atoms with Gasteiger partial charge in [-0.05, 0) is 25.0 Å². The highest BCUT2D eigenvalue weighted by Crippen LogP contribution is 2.34. The normalized spacial score (nSPS) is 12.1. The lowest BCUT2D eigenvalue weighted by atomic mass is 10.1. The molecule has 0 spiro atoms. The Balaban J connectivity index is 1.66. The summed E-state index contributed by atoms with van der Waals surface area (Å²) >= 11 is 2.90. The fourth-order valence-electron chi connectivity index (χ4n) is 2.68. The van der Waals surface area contributed by atoms with Crippen molar-refractivity contribution in [3.63, 3.8) is 0 Å². The summed E-state index contributed by atoms with van der Waals surface area (Å²) in [6.07, 6.45) is 1.74. The van der Waals surface area contributed by atoms with Crippen molar-refractivity contribution in [2.24, 2.45) is 0 Å². The summed E-state index contributed by atoms with van der Waals surface area (Å²) in [6, 6.07) is 8.28. The van der Waals surface area contributed by atoms with Crippen molar-refractivity contribution in [3.8, 4) is 0 Å².